The molecular formula is C36H46N2O4S. The lowest BCUT2D eigenvalue weighted by molar-refractivity contribution is -0.121. The van der Waals surface area contributed by atoms with Crippen LogP contribution >= 0.6 is 11.8 Å². The minimum absolute atomic E-state index is 0.0163. The van der Waals surface area contributed by atoms with Gasteiger partial charge in [-0.05, 0) is 59.6 Å². The van der Waals surface area contributed by atoms with Crippen LogP contribution in [-0.2, 0) is 28.2 Å². The maximum Gasteiger partial charge on any atom is 0.224 e. The molecule has 0 aromatic heterocycles. The first kappa shape index (κ1) is 33.8. The van der Waals surface area contributed by atoms with Crippen molar-refractivity contribution in [3.05, 3.63) is 114 Å². The van der Waals surface area contributed by atoms with E-state index in [-0.39, 0.29) is 42.0 Å². The second kappa shape index (κ2) is 17.4. The number of hydrogen-bond donors (Lipinski definition) is 3. The molecule has 2 aromatic rings. The maximum atomic E-state index is 13.3. The molecule has 1 amide bonds. The highest BCUT2D eigenvalue weighted by Crippen LogP contribution is 2.22. The van der Waals surface area contributed by atoms with E-state index in [0.29, 0.717) is 18.1 Å². The second-order valence-corrected chi connectivity index (χ2v) is 12.3. The van der Waals surface area contributed by atoms with Gasteiger partial charge in [0.05, 0.1) is 30.0 Å². The Balaban J connectivity index is 1.61. The first-order valence-corrected chi connectivity index (χ1v) is 16.2. The van der Waals surface area contributed by atoms with E-state index >= 15 is 0 Å². The van der Waals surface area contributed by atoms with Gasteiger partial charge < -0.3 is 20.5 Å². The van der Waals surface area contributed by atoms with Gasteiger partial charge in [-0.25, -0.2) is 0 Å². The zero-order valence-corrected chi connectivity index (χ0v) is 26.6. The van der Waals surface area contributed by atoms with Crippen LogP contribution in [0.5, 0.6) is 5.75 Å². The van der Waals surface area contributed by atoms with Crippen molar-refractivity contribution in [2.24, 2.45) is 5.92 Å². The zero-order valence-electron chi connectivity index (χ0n) is 25.7. The molecule has 1 aliphatic carbocycles. The van der Waals surface area contributed by atoms with Crippen LogP contribution in [0.25, 0.3) is 0 Å². The highest BCUT2D eigenvalue weighted by molar-refractivity contribution is 7.99. The third-order valence-corrected chi connectivity index (χ3v) is 8.36. The Morgan fingerprint density at radius 1 is 1.07 bits per heavy atom. The second-order valence-electron chi connectivity index (χ2n) is 11.3. The molecule has 3 rings (SSSR count). The molecule has 0 radical (unpaired) electrons. The minimum Gasteiger partial charge on any atom is -0.513 e. The van der Waals surface area contributed by atoms with Crippen molar-refractivity contribution in [1.29, 1.82) is 0 Å². The summed E-state index contributed by atoms with van der Waals surface area (Å²) in [5.41, 5.74) is 4.95. The van der Waals surface area contributed by atoms with Gasteiger partial charge in [0.25, 0.3) is 0 Å². The molecule has 43 heavy (non-hydrogen) atoms. The lowest BCUT2D eigenvalue weighted by Gasteiger charge is -2.29. The van der Waals surface area contributed by atoms with Crippen LogP contribution in [0.4, 0.5) is 0 Å². The number of nitrogens with one attached hydrogen (secondary N) is 2. The van der Waals surface area contributed by atoms with Gasteiger partial charge in [0.15, 0.2) is 5.78 Å². The Hall–Kier alpha value is -3.71. The lowest BCUT2D eigenvalue weighted by atomic mass is 9.98. The number of thioether (sulfide) groups is 1. The Labute approximate surface area is 261 Å². The van der Waals surface area contributed by atoms with Crippen LogP contribution < -0.4 is 15.4 Å². The molecule has 0 unspecified atom stereocenters. The van der Waals surface area contributed by atoms with Crippen molar-refractivity contribution < 1.29 is 19.4 Å². The van der Waals surface area contributed by atoms with Crippen LogP contribution in [0.3, 0.4) is 0 Å². The Bertz CT molecular complexity index is 1320. The molecule has 0 spiro atoms. The average Bonchev–Trinajstić information content (AvgIpc) is 2.99. The van der Waals surface area contributed by atoms with Crippen LogP contribution in [0, 0.1) is 5.92 Å². The molecular weight excluding hydrogens is 556 g/mol. The highest BCUT2D eigenvalue weighted by atomic mass is 32.2. The van der Waals surface area contributed by atoms with Gasteiger partial charge in [0.2, 0.25) is 5.91 Å². The van der Waals surface area contributed by atoms with Gasteiger partial charge in [0, 0.05) is 17.9 Å². The van der Waals surface area contributed by atoms with Crippen molar-refractivity contribution in [3.8, 4) is 5.75 Å². The number of Topliss-reactive ketones (excluding diaryl/α,β-unsaturated/α-hetero) is 1. The molecule has 0 saturated carbocycles. The summed E-state index contributed by atoms with van der Waals surface area (Å²) in [6.07, 6.45) is 9.42. The van der Waals surface area contributed by atoms with Gasteiger partial charge in [0.1, 0.15) is 12.4 Å². The molecule has 0 heterocycles. The number of benzene rings is 2. The van der Waals surface area contributed by atoms with E-state index in [1.165, 1.54) is 17.3 Å². The lowest BCUT2D eigenvalue weighted by Crippen LogP contribution is -2.48. The molecule has 0 fully saturated rings. The largest absolute Gasteiger partial charge is 0.513 e. The Morgan fingerprint density at radius 3 is 2.49 bits per heavy atom. The number of aliphatic hydroxyl groups excluding tert-OH is 1. The number of allylic oxidation sites excluding steroid dienone is 3. The number of hydrogen-bond acceptors (Lipinski definition) is 6. The zero-order chi connectivity index (χ0) is 31.2. The number of ketones is 1. The minimum atomic E-state index is -0.693. The molecule has 230 valence electrons. The number of aliphatic hydroxyl groups is 1. The molecule has 3 N–H and O–H groups in total. The van der Waals surface area contributed by atoms with Crippen molar-refractivity contribution >= 4 is 23.5 Å². The van der Waals surface area contributed by atoms with Crippen LogP contribution in [0.1, 0.15) is 56.7 Å². The Morgan fingerprint density at radius 2 is 1.84 bits per heavy atom. The third-order valence-electron chi connectivity index (χ3n) is 7.34. The van der Waals surface area contributed by atoms with E-state index in [0.717, 1.165) is 41.7 Å². The van der Waals surface area contributed by atoms with Crippen LogP contribution in [0.2, 0.25) is 0 Å². The molecule has 7 heteroatoms. The van der Waals surface area contributed by atoms with E-state index in [4.69, 9.17) is 4.74 Å². The molecule has 2 aromatic carbocycles. The van der Waals surface area contributed by atoms with E-state index in [1.807, 2.05) is 62.4 Å². The SMILES string of the molecule is C=C(O)C[C@H](NC(=C)[C@@H](NC(=O)Cc1cc(OCC2=CC=CCC2)ccc1CC)C(C)C)C(=O)CSCc1ccccc1. The van der Waals surface area contributed by atoms with Crippen LogP contribution in [0.15, 0.2) is 96.9 Å². The van der Waals surface area contributed by atoms with Gasteiger partial charge in [-0.3, -0.25) is 9.59 Å². The quantitative estimate of drug-likeness (QED) is 0.159. The Kier molecular flexibility index (Phi) is 13.7. The molecule has 0 saturated heterocycles. The summed E-state index contributed by atoms with van der Waals surface area (Å²) in [5.74, 6) is 1.48. The summed E-state index contributed by atoms with van der Waals surface area (Å²) >= 11 is 1.52. The molecule has 1 aliphatic rings. The topological polar surface area (TPSA) is 87.7 Å². The third kappa shape index (κ3) is 11.5. The van der Waals surface area contributed by atoms with Gasteiger partial charge >= 0.3 is 0 Å². The molecule has 2 atom stereocenters. The predicted octanol–water partition coefficient (Wildman–Crippen LogP) is 7.02. The van der Waals surface area contributed by atoms with E-state index in [1.54, 1.807) is 0 Å². The van der Waals surface area contributed by atoms with Gasteiger partial charge in [-0.2, -0.15) is 0 Å². The van der Waals surface area contributed by atoms with Crippen LogP contribution in [-0.4, -0.2) is 41.2 Å². The van der Waals surface area contributed by atoms with Crippen molar-refractivity contribution in [1.82, 2.24) is 10.6 Å². The number of ether oxygens (including phenoxy) is 1. The summed E-state index contributed by atoms with van der Waals surface area (Å²) in [5, 5.41) is 16.2. The fraction of sp³-hybridized carbons (Fsp3) is 0.389. The molecule has 6 nitrogen and oxygen atoms in total. The van der Waals surface area contributed by atoms with Crippen molar-refractivity contribution in [2.45, 2.75) is 70.7 Å². The molecule has 0 aliphatic heterocycles. The number of amides is 1. The summed E-state index contributed by atoms with van der Waals surface area (Å²) < 4.78 is 6.06. The van der Waals surface area contributed by atoms with E-state index < -0.39 is 12.1 Å². The standard InChI is InChI=1S/C36H46N2O4S/c1-6-30-17-18-32(42-22-28-13-9-7-10-14-28)20-31(30)21-35(41)38-36(25(2)3)27(5)37-33(19-26(4)39)34(40)24-43-23-29-15-11-8-12-16-29/h7-9,11-13,15-18,20,25,33,36-37,39H,4-6,10,14,19,21-24H2,1-3H3,(H,38,41)/t33-,36-/m0/s1. The summed E-state index contributed by atoms with van der Waals surface area (Å²) in [6.45, 7) is 14.4. The van der Waals surface area contributed by atoms with Gasteiger partial charge in [-0.1, -0.05) is 88.6 Å². The first-order valence-electron chi connectivity index (χ1n) is 15.0. The fourth-order valence-corrected chi connectivity index (χ4v) is 5.88. The van der Waals surface area contributed by atoms with E-state index in [9.17, 15) is 14.7 Å². The summed E-state index contributed by atoms with van der Waals surface area (Å²) in [7, 11) is 0. The highest BCUT2D eigenvalue weighted by Gasteiger charge is 2.26. The monoisotopic (exact) mass is 602 g/mol. The first-order chi connectivity index (χ1) is 20.7. The van der Waals surface area contributed by atoms with Crippen molar-refractivity contribution in [2.75, 3.05) is 12.4 Å². The number of carbonyl (C=O) groups excluding carboxylic acids is 2. The average molecular weight is 603 g/mol. The number of rotatable bonds is 18. The smallest absolute Gasteiger partial charge is 0.224 e. The number of carbonyl (C=O) groups is 2. The summed E-state index contributed by atoms with van der Waals surface area (Å²) in [6, 6.07) is 14.8. The molecule has 0 bridgehead atoms. The number of aryl methyl sites for hydroxylation is 1. The predicted molar refractivity (Wildman–Crippen MR) is 178 cm³/mol. The fourth-order valence-electron chi connectivity index (χ4n) is 4.94. The normalized spacial score (nSPS) is 14.0. The van der Waals surface area contributed by atoms with Crippen molar-refractivity contribution in [3.63, 3.8) is 0 Å². The van der Waals surface area contributed by atoms with Gasteiger partial charge in [-0.15, -0.1) is 11.8 Å². The maximum absolute atomic E-state index is 13.3. The van der Waals surface area contributed by atoms with E-state index in [2.05, 4.69) is 48.9 Å². The summed E-state index contributed by atoms with van der Waals surface area (Å²) in [4.78, 5) is 26.5.